The van der Waals surface area contributed by atoms with E-state index in [0.29, 0.717) is 0 Å². The lowest BCUT2D eigenvalue weighted by atomic mass is 10.1. The van der Waals surface area contributed by atoms with Crippen LogP contribution in [0.1, 0.15) is 19.8 Å². The molecule has 2 atom stereocenters. The van der Waals surface area contributed by atoms with E-state index in [0.717, 1.165) is 18.9 Å². The molecule has 76 valence electrons. The van der Waals surface area contributed by atoms with E-state index in [9.17, 15) is 4.79 Å². The van der Waals surface area contributed by atoms with Gasteiger partial charge in [-0.25, -0.2) is 0 Å². The molecule has 0 radical (unpaired) electrons. The summed E-state index contributed by atoms with van der Waals surface area (Å²) in [6.45, 7) is 2.92. The van der Waals surface area contributed by atoms with Crippen molar-refractivity contribution < 1.29 is 4.79 Å². The third kappa shape index (κ3) is 3.56. The maximum absolute atomic E-state index is 10.9. The van der Waals surface area contributed by atoms with Gasteiger partial charge >= 0.3 is 0 Å². The molecule has 1 aliphatic heterocycles. The van der Waals surface area contributed by atoms with Gasteiger partial charge in [0.2, 0.25) is 5.91 Å². The van der Waals surface area contributed by atoms with Gasteiger partial charge in [0.15, 0.2) is 0 Å². The molecule has 0 aromatic rings. The molecule has 0 aliphatic carbocycles. The van der Waals surface area contributed by atoms with E-state index >= 15 is 0 Å². The smallest absolute Gasteiger partial charge is 0.234 e. The van der Waals surface area contributed by atoms with Crippen molar-refractivity contribution in [2.75, 3.05) is 18.1 Å². The van der Waals surface area contributed by atoms with Crippen molar-refractivity contribution in [1.29, 1.82) is 0 Å². The van der Waals surface area contributed by atoms with Crippen LogP contribution in [0.15, 0.2) is 0 Å². The van der Waals surface area contributed by atoms with Crippen LogP contribution in [-0.2, 0) is 4.79 Å². The number of thioether (sulfide) groups is 1. The number of primary amides is 1. The molecule has 13 heavy (non-hydrogen) atoms. The predicted octanol–water partition coefficient (Wildman–Crippen LogP) is 0.593. The molecule has 2 unspecified atom stereocenters. The number of carbonyl (C=O) groups is 1. The minimum absolute atomic E-state index is 0.134. The second-order valence-corrected chi connectivity index (χ2v) is 4.65. The van der Waals surface area contributed by atoms with Crippen LogP contribution in [0.2, 0.25) is 0 Å². The van der Waals surface area contributed by atoms with Gasteiger partial charge in [-0.3, -0.25) is 4.79 Å². The normalized spacial score (nSPS) is 24.5. The average molecular weight is 202 g/mol. The molecule has 0 bridgehead atoms. The fourth-order valence-electron chi connectivity index (χ4n) is 1.50. The van der Waals surface area contributed by atoms with Gasteiger partial charge in [0, 0.05) is 0 Å². The molecule has 1 aliphatic rings. The quantitative estimate of drug-likeness (QED) is 0.686. The molecule has 0 aromatic heterocycles. The molecule has 0 aromatic carbocycles. The first kappa shape index (κ1) is 10.9. The first-order valence-corrected chi connectivity index (χ1v) is 6.00. The van der Waals surface area contributed by atoms with Crippen LogP contribution >= 0.6 is 11.8 Å². The monoisotopic (exact) mass is 202 g/mol. The van der Waals surface area contributed by atoms with Crippen LogP contribution < -0.4 is 11.1 Å². The van der Waals surface area contributed by atoms with Crippen LogP contribution in [0.3, 0.4) is 0 Å². The van der Waals surface area contributed by atoms with E-state index in [2.05, 4.69) is 5.32 Å². The summed E-state index contributed by atoms with van der Waals surface area (Å²) in [5.41, 5.74) is 5.23. The van der Waals surface area contributed by atoms with Crippen molar-refractivity contribution in [1.82, 2.24) is 5.32 Å². The molecular weight excluding hydrogens is 184 g/mol. The van der Waals surface area contributed by atoms with E-state index in [-0.39, 0.29) is 11.9 Å². The molecule has 1 saturated heterocycles. The lowest BCUT2D eigenvalue weighted by Crippen LogP contribution is -2.42. The molecule has 4 heteroatoms. The second kappa shape index (κ2) is 5.50. The highest BCUT2D eigenvalue weighted by molar-refractivity contribution is 7.99. The molecule has 0 saturated carbocycles. The van der Waals surface area contributed by atoms with Crippen LogP contribution in [0, 0.1) is 5.92 Å². The number of hydrogen-bond acceptors (Lipinski definition) is 3. The van der Waals surface area contributed by atoms with Gasteiger partial charge in [-0.1, -0.05) is 6.92 Å². The third-order valence-corrected chi connectivity index (χ3v) is 3.66. The summed E-state index contributed by atoms with van der Waals surface area (Å²) in [6.07, 6.45) is 2.06. The zero-order chi connectivity index (χ0) is 9.68. The number of rotatable bonds is 5. The average Bonchev–Trinajstić information content (AvgIpc) is 2.57. The SMILES string of the molecule is CCC(NCC1CCSC1)C(N)=O. The number of amides is 1. The van der Waals surface area contributed by atoms with Gasteiger partial charge in [0.05, 0.1) is 6.04 Å². The van der Waals surface area contributed by atoms with Crippen molar-refractivity contribution in [3.8, 4) is 0 Å². The maximum atomic E-state index is 10.9. The first-order chi connectivity index (χ1) is 6.24. The van der Waals surface area contributed by atoms with E-state index < -0.39 is 0 Å². The van der Waals surface area contributed by atoms with Gasteiger partial charge in [0.1, 0.15) is 0 Å². The number of nitrogens with one attached hydrogen (secondary N) is 1. The van der Waals surface area contributed by atoms with Gasteiger partial charge in [-0.15, -0.1) is 0 Å². The Bertz CT molecular complexity index is 169. The Kier molecular flexibility index (Phi) is 4.59. The van der Waals surface area contributed by atoms with Crippen LogP contribution in [0.25, 0.3) is 0 Å². The Morgan fingerprint density at radius 2 is 2.54 bits per heavy atom. The molecule has 3 nitrogen and oxygen atoms in total. The topological polar surface area (TPSA) is 55.1 Å². The third-order valence-electron chi connectivity index (χ3n) is 2.43. The zero-order valence-electron chi connectivity index (χ0n) is 8.08. The number of hydrogen-bond donors (Lipinski definition) is 2. The minimum atomic E-state index is -0.229. The van der Waals surface area contributed by atoms with Crippen LogP contribution in [0.4, 0.5) is 0 Å². The summed E-state index contributed by atoms with van der Waals surface area (Å²) in [5.74, 6) is 2.99. The van der Waals surface area contributed by atoms with Crippen molar-refractivity contribution in [3.05, 3.63) is 0 Å². The Labute approximate surface area is 83.8 Å². The standard InChI is InChI=1S/C9H18N2OS/c1-2-8(9(10)12)11-5-7-3-4-13-6-7/h7-8,11H,2-6H2,1H3,(H2,10,12). The highest BCUT2D eigenvalue weighted by Crippen LogP contribution is 2.22. The lowest BCUT2D eigenvalue weighted by Gasteiger charge is -2.15. The van der Waals surface area contributed by atoms with Crippen LogP contribution in [0.5, 0.6) is 0 Å². The van der Waals surface area contributed by atoms with E-state index in [1.165, 1.54) is 17.9 Å². The molecule has 1 amide bonds. The van der Waals surface area contributed by atoms with Gasteiger partial charge in [-0.2, -0.15) is 11.8 Å². The summed E-state index contributed by atoms with van der Waals surface area (Å²) >= 11 is 1.99. The van der Waals surface area contributed by atoms with Crippen molar-refractivity contribution in [3.63, 3.8) is 0 Å². The highest BCUT2D eigenvalue weighted by Gasteiger charge is 2.18. The summed E-state index contributed by atoms with van der Waals surface area (Å²) in [7, 11) is 0. The summed E-state index contributed by atoms with van der Waals surface area (Å²) in [4.78, 5) is 10.9. The van der Waals surface area contributed by atoms with Crippen LogP contribution in [-0.4, -0.2) is 30.0 Å². The van der Waals surface area contributed by atoms with E-state index in [4.69, 9.17) is 5.73 Å². The van der Waals surface area contributed by atoms with Gasteiger partial charge in [-0.05, 0) is 36.8 Å². The van der Waals surface area contributed by atoms with Crippen molar-refractivity contribution in [2.45, 2.75) is 25.8 Å². The van der Waals surface area contributed by atoms with E-state index in [1.54, 1.807) is 0 Å². The first-order valence-electron chi connectivity index (χ1n) is 4.84. The Hall–Kier alpha value is -0.220. The Balaban J connectivity index is 2.18. The number of nitrogens with two attached hydrogens (primary N) is 1. The second-order valence-electron chi connectivity index (χ2n) is 3.50. The molecule has 1 fully saturated rings. The van der Waals surface area contributed by atoms with Gasteiger partial charge in [0.25, 0.3) is 0 Å². The largest absolute Gasteiger partial charge is 0.368 e. The van der Waals surface area contributed by atoms with Gasteiger partial charge < -0.3 is 11.1 Å². The molecule has 3 N–H and O–H groups in total. The van der Waals surface area contributed by atoms with Crippen molar-refractivity contribution >= 4 is 17.7 Å². The zero-order valence-corrected chi connectivity index (χ0v) is 8.90. The minimum Gasteiger partial charge on any atom is -0.368 e. The molecule has 0 spiro atoms. The molecular formula is C9H18N2OS. The summed E-state index contributed by atoms with van der Waals surface area (Å²) < 4.78 is 0. The Morgan fingerprint density at radius 1 is 1.77 bits per heavy atom. The maximum Gasteiger partial charge on any atom is 0.234 e. The highest BCUT2D eigenvalue weighted by atomic mass is 32.2. The molecule has 1 rings (SSSR count). The summed E-state index contributed by atoms with van der Waals surface area (Å²) in [6, 6.07) is -0.134. The van der Waals surface area contributed by atoms with E-state index in [1.807, 2.05) is 18.7 Å². The molecule has 1 heterocycles. The van der Waals surface area contributed by atoms with Crippen molar-refractivity contribution in [2.24, 2.45) is 11.7 Å². The number of carbonyl (C=O) groups excluding carboxylic acids is 1. The summed E-state index contributed by atoms with van der Waals surface area (Å²) in [5, 5.41) is 3.22. The fourth-order valence-corrected chi connectivity index (χ4v) is 2.78. The fraction of sp³-hybridized carbons (Fsp3) is 0.889. The predicted molar refractivity (Wildman–Crippen MR) is 56.7 cm³/mol. The Morgan fingerprint density at radius 3 is 3.00 bits per heavy atom. The lowest BCUT2D eigenvalue weighted by molar-refractivity contribution is -0.120.